The van der Waals surface area contributed by atoms with Crippen LogP contribution in [0.15, 0.2) is 279 Å². The Morgan fingerprint density at radius 3 is 0.988 bits per heavy atom. The van der Waals surface area contributed by atoms with Gasteiger partial charge in [-0.2, -0.15) is 0 Å². The van der Waals surface area contributed by atoms with Gasteiger partial charge in [-0.05, 0) is 195 Å². The zero-order chi connectivity index (χ0) is 53.7. The molecule has 2 aliphatic carbocycles. The number of hydrogen-bond acceptors (Lipinski definition) is 2. The molecule has 0 aromatic heterocycles. The lowest BCUT2D eigenvalue weighted by atomic mass is 9.81. The van der Waals surface area contributed by atoms with Gasteiger partial charge in [-0.3, -0.25) is 0 Å². The van der Waals surface area contributed by atoms with E-state index in [-0.39, 0.29) is 10.8 Å². The summed E-state index contributed by atoms with van der Waals surface area (Å²) in [4.78, 5) is 4.83. The summed E-state index contributed by atoms with van der Waals surface area (Å²) in [5, 5.41) is 7.81. The number of anilines is 6. The van der Waals surface area contributed by atoms with Crippen molar-refractivity contribution < 1.29 is 0 Å². The van der Waals surface area contributed by atoms with Crippen LogP contribution in [0.5, 0.6) is 0 Å². The topological polar surface area (TPSA) is 6.48 Å². The van der Waals surface area contributed by atoms with Gasteiger partial charge in [-0.15, -0.1) is 0 Å². The normalized spacial score (nSPS) is 13.4. The average molecular weight is 1020 g/mol. The summed E-state index contributed by atoms with van der Waals surface area (Å²) in [6.45, 7) is 9.50. The van der Waals surface area contributed by atoms with Gasteiger partial charge in [-0.25, -0.2) is 0 Å². The number of nitrogens with zero attached hydrogens (tertiary/aromatic N) is 2. The number of hydrogen-bond donors (Lipinski definition) is 0. The van der Waals surface area contributed by atoms with E-state index in [0.717, 1.165) is 45.3 Å². The van der Waals surface area contributed by atoms with E-state index >= 15 is 0 Å². The van der Waals surface area contributed by atoms with Crippen LogP contribution in [-0.4, -0.2) is 0 Å². The van der Waals surface area contributed by atoms with Gasteiger partial charge in [0.25, 0.3) is 0 Å². The molecule has 0 bridgehead atoms. The molecule has 0 radical (unpaired) electrons. The van der Waals surface area contributed by atoms with Crippen molar-refractivity contribution in [2.24, 2.45) is 0 Å². The molecular formula is C78H58N2. The Morgan fingerprint density at radius 2 is 0.512 bits per heavy atom. The molecule has 0 aliphatic heterocycles. The first kappa shape index (κ1) is 47.5. The van der Waals surface area contributed by atoms with Crippen LogP contribution in [0, 0.1) is 0 Å². The summed E-state index contributed by atoms with van der Waals surface area (Å²) < 4.78 is 0. The molecule has 0 saturated carbocycles. The van der Waals surface area contributed by atoms with E-state index in [1.807, 2.05) is 0 Å². The minimum Gasteiger partial charge on any atom is -0.310 e. The van der Waals surface area contributed by atoms with Gasteiger partial charge in [0, 0.05) is 45.0 Å². The Morgan fingerprint density at radius 1 is 0.200 bits per heavy atom. The molecule has 0 atom stereocenters. The van der Waals surface area contributed by atoms with E-state index in [0.29, 0.717) is 0 Å². The molecule has 2 aliphatic rings. The third kappa shape index (κ3) is 7.62. The molecule has 15 rings (SSSR count). The zero-order valence-electron chi connectivity index (χ0n) is 45.5. The van der Waals surface area contributed by atoms with Crippen molar-refractivity contribution in [2.45, 2.75) is 38.5 Å². The first-order valence-corrected chi connectivity index (χ1v) is 28.1. The molecule has 0 spiro atoms. The lowest BCUT2D eigenvalue weighted by Gasteiger charge is -2.28. The van der Waals surface area contributed by atoms with E-state index in [1.54, 1.807) is 0 Å². The molecule has 0 unspecified atom stereocenters. The molecule has 0 heterocycles. The molecule has 2 heteroatoms. The molecule has 80 heavy (non-hydrogen) atoms. The van der Waals surface area contributed by atoms with Crippen molar-refractivity contribution in [1.82, 2.24) is 0 Å². The van der Waals surface area contributed by atoms with E-state index < -0.39 is 0 Å². The van der Waals surface area contributed by atoms with Crippen molar-refractivity contribution >= 4 is 66.4 Å². The Bertz CT molecular complexity index is 4530. The van der Waals surface area contributed by atoms with Crippen LogP contribution in [0.3, 0.4) is 0 Å². The van der Waals surface area contributed by atoms with Crippen LogP contribution in [0.1, 0.15) is 49.9 Å². The molecule has 0 N–H and O–H groups in total. The predicted molar refractivity (Wildman–Crippen MR) is 340 cm³/mol. The van der Waals surface area contributed by atoms with Gasteiger partial charge in [-0.1, -0.05) is 222 Å². The Balaban J connectivity index is 0.808. The first-order valence-electron chi connectivity index (χ1n) is 28.1. The Hall–Kier alpha value is -9.76. The second-order valence-electron chi connectivity index (χ2n) is 22.9. The predicted octanol–water partition coefficient (Wildman–Crippen LogP) is 21.7. The van der Waals surface area contributed by atoms with Crippen LogP contribution in [0.4, 0.5) is 34.1 Å². The quantitative estimate of drug-likeness (QED) is 0.133. The molecule has 13 aromatic carbocycles. The van der Waals surface area contributed by atoms with E-state index in [4.69, 9.17) is 0 Å². The fraction of sp³-hybridized carbons (Fsp3) is 0.0769. The lowest BCUT2D eigenvalue weighted by Crippen LogP contribution is -2.16. The average Bonchev–Trinajstić information content (AvgIpc) is 3.90. The summed E-state index contributed by atoms with van der Waals surface area (Å²) >= 11 is 0. The maximum atomic E-state index is 2.50. The van der Waals surface area contributed by atoms with Crippen LogP contribution in [0.25, 0.3) is 88.0 Å². The van der Waals surface area contributed by atoms with Gasteiger partial charge in [0.1, 0.15) is 0 Å². The van der Waals surface area contributed by atoms with E-state index in [9.17, 15) is 0 Å². The summed E-state index contributed by atoms with van der Waals surface area (Å²) in [5.74, 6) is 0. The van der Waals surface area contributed by atoms with Crippen molar-refractivity contribution in [3.8, 4) is 55.6 Å². The maximum Gasteiger partial charge on any atom is 0.0468 e. The van der Waals surface area contributed by atoms with Gasteiger partial charge in [0.2, 0.25) is 0 Å². The SMILES string of the molecule is CC1(C)c2ccccc2-c2ccc(N(c3ccc(-c4ccccc4)cc3)c3ccc(-c4ccc(N(c5ccc(-c6ccccc6)cc5)c5ccc6c(c5)-c5cc7c8ccccc8c8ccccc8c7cc5C6(C)C)cc4)cc3)cc21. The monoisotopic (exact) mass is 1020 g/mol. The second-order valence-corrected chi connectivity index (χ2v) is 22.9. The summed E-state index contributed by atoms with van der Waals surface area (Å²) in [6, 6.07) is 103. The Kier molecular flexibility index (Phi) is 10.9. The maximum absolute atomic E-state index is 2.50. The third-order valence-corrected chi connectivity index (χ3v) is 17.7. The van der Waals surface area contributed by atoms with Crippen LogP contribution < -0.4 is 9.80 Å². The number of rotatable bonds is 9. The highest BCUT2D eigenvalue weighted by atomic mass is 15.1. The standard InChI is InChI=1S/C78H58N2/c1-77(2)73-26-16-15-25-67(73)68-45-43-62(48-75(68)77)80(59-37-29-54(30-38-59)52-19-9-6-10-20-52)60-41-33-56(34-42-60)55-31-39-58(40-32-55)79(57-35-27-53(28-36-57)51-17-7-5-8-18-51)61-44-46-74-71(47-61)72-49-69-65-23-13-11-21-63(65)64-22-12-14-24-66(64)70(69)50-76(72)78(74,3)4/h5-50H,1-4H3. The highest BCUT2D eigenvalue weighted by molar-refractivity contribution is 6.26. The zero-order valence-corrected chi connectivity index (χ0v) is 45.5. The highest BCUT2D eigenvalue weighted by Crippen LogP contribution is 2.54. The highest BCUT2D eigenvalue weighted by Gasteiger charge is 2.38. The van der Waals surface area contributed by atoms with Gasteiger partial charge < -0.3 is 9.80 Å². The summed E-state index contributed by atoms with van der Waals surface area (Å²) in [7, 11) is 0. The molecular weight excluding hydrogens is 965 g/mol. The first-order chi connectivity index (χ1) is 39.2. The molecule has 0 fully saturated rings. The van der Waals surface area contributed by atoms with Crippen LogP contribution in [-0.2, 0) is 10.8 Å². The second kappa shape index (κ2) is 18.4. The fourth-order valence-electron chi connectivity index (χ4n) is 13.5. The fourth-order valence-corrected chi connectivity index (χ4v) is 13.5. The lowest BCUT2D eigenvalue weighted by molar-refractivity contribution is 0.660. The van der Waals surface area contributed by atoms with Crippen molar-refractivity contribution in [2.75, 3.05) is 9.80 Å². The van der Waals surface area contributed by atoms with E-state index in [2.05, 4.69) is 317 Å². The minimum atomic E-state index is -0.182. The van der Waals surface area contributed by atoms with E-state index in [1.165, 1.54) is 99.1 Å². The van der Waals surface area contributed by atoms with Crippen molar-refractivity contribution in [3.05, 3.63) is 301 Å². The van der Waals surface area contributed by atoms with Crippen LogP contribution >= 0.6 is 0 Å². The molecule has 13 aromatic rings. The smallest absolute Gasteiger partial charge is 0.0468 e. The van der Waals surface area contributed by atoms with Crippen molar-refractivity contribution in [1.29, 1.82) is 0 Å². The van der Waals surface area contributed by atoms with Gasteiger partial charge >= 0.3 is 0 Å². The molecule has 0 amide bonds. The van der Waals surface area contributed by atoms with Gasteiger partial charge in [0.15, 0.2) is 0 Å². The van der Waals surface area contributed by atoms with Crippen LogP contribution in [0.2, 0.25) is 0 Å². The van der Waals surface area contributed by atoms with Crippen molar-refractivity contribution in [3.63, 3.8) is 0 Å². The van der Waals surface area contributed by atoms with Gasteiger partial charge in [0.05, 0.1) is 0 Å². The molecule has 2 nitrogen and oxygen atoms in total. The number of fused-ring (bicyclic) bond motifs is 12. The molecule has 0 saturated heterocycles. The summed E-state index contributed by atoms with van der Waals surface area (Å²) in [5.41, 5.74) is 24.2. The molecule has 380 valence electrons. The summed E-state index contributed by atoms with van der Waals surface area (Å²) in [6.07, 6.45) is 0. The Labute approximate surface area is 469 Å². The largest absolute Gasteiger partial charge is 0.310 e. The third-order valence-electron chi connectivity index (χ3n) is 17.7. The number of benzene rings is 13. The minimum absolute atomic E-state index is 0.119.